The van der Waals surface area contributed by atoms with E-state index in [0.717, 1.165) is 0 Å². The van der Waals surface area contributed by atoms with Crippen molar-refractivity contribution in [3.05, 3.63) is 18.3 Å². The van der Waals surface area contributed by atoms with E-state index in [1.54, 1.807) is 6.20 Å². The van der Waals surface area contributed by atoms with Crippen LogP contribution in [0, 0.1) is 0 Å². The molecule has 12 heteroatoms. The fourth-order valence-corrected chi connectivity index (χ4v) is 1.45. The Morgan fingerprint density at radius 3 is 2.36 bits per heavy atom. The number of nitrogens with zero attached hydrogens (tertiary/aromatic N) is 6. The van der Waals surface area contributed by atoms with E-state index in [1.807, 2.05) is 49.8 Å². The van der Waals surface area contributed by atoms with Gasteiger partial charge in [0, 0.05) is 6.20 Å². The molecule has 0 unspecified atom stereocenters. The van der Waals surface area contributed by atoms with Gasteiger partial charge in [-0.3, -0.25) is 4.84 Å². The molecule has 2 aromatic rings. The van der Waals surface area contributed by atoms with Gasteiger partial charge in [0.05, 0.1) is 28.2 Å². The number of rotatable bonds is 1. The van der Waals surface area contributed by atoms with Crippen molar-refractivity contribution in [2.75, 3.05) is 28.2 Å². The minimum atomic E-state index is -6.61. The summed E-state index contributed by atoms with van der Waals surface area (Å²) in [5.41, 5.74) is 1.29. The number of pyridine rings is 1. The Balaban J connectivity index is 0.000000422. The Labute approximate surface area is 124 Å². The van der Waals surface area contributed by atoms with Crippen molar-refractivity contribution in [3.8, 4) is 0 Å². The number of hydrogen-bond acceptors (Lipinski definition) is 4. The standard InChI is InChI=1S/C10H15N6O.F4HP/c1-14(2)10(15(3)4)17-16-9-8(12-13-16)6-5-7-11-9;1-5(2,3)4/h5-7H,1-4H3;5H/q+1;-1. The van der Waals surface area contributed by atoms with Crippen LogP contribution in [0.5, 0.6) is 0 Å². The van der Waals surface area contributed by atoms with Gasteiger partial charge in [0.25, 0.3) is 0 Å². The van der Waals surface area contributed by atoms with Gasteiger partial charge in [-0.15, -0.1) is 5.10 Å². The molecule has 0 saturated heterocycles. The molecule has 22 heavy (non-hydrogen) atoms. The number of fused-ring (bicyclic) bond motifs is 1. The number of halogens is 4. The normalized spacial score (nSPS) is 11.5. The molecule has 7 nitrogen and oxygen atoms in total. The van der Waals surface area contributed by atoms with E-state index in [0.29, 0.717) is 17.2 Å². The summed E-state index contributed by atoms with van der Waals surface area (Å²) in [5.74, 6) is 0. The van der Waals surface area contributed by atoms with E-state index < -0.39 is 8.51 Å². The zero-order valence-electron chi connectivity index (χ0n) is 12.3. The first kappa shape index (κ1) is 18.0. The Morgan fingerprint density at radius 1 is 1.27 bits per heavy atom. The van der Waals surface area contributed by atoms with Gasteiger partial charge >= 0.3 is 31.3 Å². The van der Waals surface area contributed by atoms with Crippen LogP contribution in [-0.4, -0.2) is 63.8 Å². The van der Waals surface area contributed by atoms with Gasteiger partial charge in [-0.2, -0.15) is 0 Å². The fraction of sp³-hybridized carbons (Fsp3) is 0.400. The van der Waals surface area contributed by atoms with E-state index in [2.05, 4.69) is 15.3 Å². The second-order valence-corrected chi connectivity index (χ2v) is 5.26. The first-order valence-corrected chi connectivity index (χ1v) is 7.42. The van der Waals surface area contributed by atoms with Gasteiger partial charge in [-0.05, 0) is 22.2 Å². The van der Waals surface area contributed by atoms with Crippen LogP contribution in [0.4, 0.5) is 16.8 Å². The van der Waals surface area contributed by atoms with Crippen LogP contribution in [0.3, 0.4) is 0 Å². The molecule has 0 aliphatic rings. The van der Waals surface area contributed by atoms with Crippen LogP contribution in [0.15, 0.2) is 18.3 Å². The van der Waals surface area contributed by atoms with Crippen LogP contribution in [0.2, 0.25) is 0 Å². The molecule has 0 N–H and O–H groups in total. The SMILES string of the molecule is CN(C)C(On1nnc2cccnc21)=[N+](C)C.F[PH-](F)(F)F. The van der Waals surface area contributed by atoms with Gasteiger partial charge in [0.15, 0.2) is 0 Å². The summed E-state index contributed by atoms with van der Waals surface area (Å²) >= 11 is 0. The van der Waals surface area contributed by atoms with Crippen molar-refractivity contribution in [2.45, 2.75) is 0 Å². The third-order valence-electron chi connectivity index (χ3n) is 2.11. The first-order valence-electron chi connectivity index (χ1n) is 5.91. The Morgan fingerprint density at radius 2 is 1.86 bits per heavy atom. The molecule has 0 atom stereocenters. The maximum absolute atomic E-state index is 9.83. The van der Waals surface area contributed by atoms with Crippen molar-refractivity contribution in [2.24, 2.45) is 0 Å². The first-order chi connectivity index (χ1) is 10.1. The molecule has 0 amide bonds. The van der Waals surface area contributed by atoms with Crippen LogP contribution >= 0.6 is 8.51 Å². The molecule has 2 aromatic heterocycles. The molecule has 0 spiro atoms. The Hall–Kier alpha value is -2.03. The molecular weight excluding hydrogens is 327 g/mol. The monoisotopic (exact) mass is 343 g/mol. The van der Waals surface area contributed by atoms with E-state index in [-0.39, 0.29) is 0 Å². The van der Waals surface area contributed by atoms with Crippen LogP contribution in [-0.2, 0) is 0 Å². The quantitative estimate of drug-likeness (QED) is 0.259. The van der Waals surface area contributed by atoms with E-state index in [4.69, 9.17) is 4.84 Å². The maximum atomic E-state index is 9.83. The second kappa shape index (κ2) is 7.30. The average Bonchev–Trinajstić information content (AvgIpc) is 2.76. The van der Waals surface area contributed by atoms with Crippen molar-refractivity contribution in [3.63, 3.8) is 0 Å². The Kier molecular flexibility index (Phi) is 5.98. The summed E-state index contributed by atoms with van der Waals surface area (Å²) in [6.07, 6.45) is 1.68. The van der Waals surface area contributed by atoms with E-state index in [9.17, 15) is 16.8 Å². The minimum absolute atomic E-state index is 0.591. The van der Waals surface area contributed by atoms with Crippen LogP contribution < -0.4 is 4.84 Å². The zero-order valence-corrected chi connectivity index (χ0v) is 13.3. The number of hydrogen-bond donors (Lipinski definition) is 0. The van der Waals surface area contributed by atoms with Crippen molar-refractivity contribution in [1.82, 2.24) is 25.0 Å². The van der Waals surface area contributed by atoms with Gasteiger partial charge in [-0.1, -0.05) is 0 Å². The summed E-state index contributed by atoms with van der Waals surface area (Å²) in [4.78, 5) is 13.0. The summed E-state index contributed by atoms with van der Waals surface area (Å²) < 4.78 is 41.1. The molecule has 125 valence electrons. The second-order valence-electron chi connectivity index (χ2n) is 4.40. The predicted octanol–water partition coefficient (Wildman–Crippen LogP) is 1.72. The topological polar surface area (TPSA) is 59.1 Å². The third-order valence-corrected chi connectivity index (χ3v) is 2.11. The molecule has 2 rings (SSSR count). The number of aromatic nitrogens is 4. The molecule has 0 fully saturated rings. The van der Waals surface area contributed by atoms with E-state index in [1.165, 1.54) is 4.85 Å². The van der Waals surface area contributed by atoms with Crippen molar-refractivity contribution < 1.29 is 26.2 Å². The van der Waals surface area contributed by atoms with Crippen molar-refractivity contribution >= 4 is 25.7 Å². The predicted molar refractivity (Wildman–Crippen MR) is 75.5 cm³/mol. The average molecular weight is 343 g/mol. The molecule has 0 aliphatic heterocycles. The summed E-state index contributed by atoms with van der Waals surface area (Å²) in [7, 11) is 0.952. The third kappa shape index (κ3) is 5.76. The van der Waals surface area contributed by atoms with Crippen molar-refractivity contribution in [1.29, 1.82) is 0 Å². The van der Waals surface area contributed by atoms with Crippen LogP contribution in [0.25, 0.3) is 11.2 Å². The van der Waals surface area contributed by atoms with Gasteiger partial charge in [0.2, 0.25) is 5.65 Å². The summed E-state index contributed by atoms with van der Waals surface area (Å²) in [6, 6.07) is 4.28. The van der Waals surface area contributed by atoms with Gasteiger partial charge in [0.1, 0.15) is 5.52 Å². The molecule has 0 saturated carbocycles. The fourth-order valence-electron chi connectivity index (χ4n) is 1.45. The summed E-state index contributed by atoms with van der Waals surface area (Å²) in [6.45, 7) is 0. The summed E-state index contributed by atoms with van der Waals surface area (Å²) in [5, 5.41) is 7.87. The molecule has 0 aromatic carbocycles. The van der Waals surface area contributed by atoms with Crippen LogP contribution in [0.1, 0.15) is 0 Å². The van der Waals surface area contributed by atoms with E-state index >= 15 is 0 Å². The molecule has 0 bridgehead atoms. The zero-order chi connectivity index (χ0) is 16.9. The number of amidine groups is 1. The molecular formula is C10H16F4N6OP. The Bertz CT molecular complexity index is 646. The molecule has 0 radical (unpaired) electrons. The molecule has 0 aliphatic carbocycles. The molecule has 2 heterocycles. The van der Waals surface area contributed by atoms with Gasteiger partial charge < -0.3 is 0 Å². The van der Waals surface area contributed by atoms with Gasteiger partial charge in [-0.25, -0.2) is 14.5 Å².